The Bertz CT molecular complexity index is 1110. The van der Waals surface area contributed by atoms with Crippen molar-refractivity contribution in [1.29, 1.82) is 0 Å². The molecule has 0 bridgehead atoms. The Morgan fingerprint density at radius 1 is 1.09 bits per heavy atom. The van der Waals surface area contributed by atoms with Gasteiger partial charge in [0.25, 0.3) is 0 Å². The van der Waals surface area contributed by atoms with Crippen molar-refractivity contribution in [1.82, 2.24) is 19.2 Å². The molecule has 1 aromatic carbocycles. The van der Waals surface area contributed by atoms with Gasteiger partial charge in [-0.2, -0.15) is 4.98 Å². The molecule has 3 heterocycles. The zero-order valence-electron chi connectivity index (χ0n) is 18.9. The molecule has 2 aliphatic heterocycles. The molecule has 33 heavy (non-hydrogen) atoms. The molecular weight excluding hydrogens is 440 g/mol. The maximum atomic E-state index is 13.1. The summed E-state index contributed by atoms with van der Waals surface area (Å²) in [5.41, 5.74) is 1.66. The molecule has 9 nitrogen and oxygen atoms in total. The van der Waals surface area contributed by atoms with E-state index in [4.69, 9.17) is 4.98 Å². The first-order valence-electron chi connectivity index (χ1n) is 11.7. The number of nitrogens with one attached hydrogen (secondary N) is 1. The highest BCUT2D eigenvalue weighted by Crippen LogP contribution is 2.34. The van der Waals surface area contributed by atoms with Crippen LogP contribution in [0.5, 0.6) is 0 Å². The van der Waals surface area contributed by atoms with Gasteiger partial charge in [0.05, 0.1) is 18.0 Å². The minimum Gasteiger partial charge on any atom is -0.351 e. The van der Waals surface area contributed by atoms with Gasteiger partial charge in [-0.15, -0.1) is 0 Å². The molecule has 1 N–H and O–H groups in total. The highest BCUT2D eigenvalue weighted by Gasteiger charge is 2.35. The standard InChI is InChI=1S/C23H30N6O3S/c1-2-27-15-18-14-24-22(26-21(18)29(23(27)30)20-6-4-3-5-7-20)25-19-10-12-28(13-11-19)33(31,32)16-17-8-9-17/h3-7,14,17,19H,2,8-13,15-16H2,1H3,(H,24,25,26). The summed E-state index contributed by atoms with van der Waals surface area (Å²) in [6, 6.07) is 9.50. The molecule has 2 fully saturated rings. The number of hydrogen-bond donors (Lipinski definition) is 1. The van der Waals surface area contributed by atoms with Gasteiger partial charge in [-0.05, 0) is 50.7 Å². The minimum absolute atomic E-state index is 0.0898. The second-order valence-electron chi connectivity index (χ2n) is 9.05. The van der Waals surface area contributed by atoms with Crippen molar-refractivity contribution >= 4 is 33.5 Å². The van der Waals surface area contributed by atoms with Crippen LogP contribution in [0.15, 0.2) is 36.5 Å². The van der Waals surface area contributed by atoms with E-state index in [-0.39, 0.29) is 17.8 Å². The number of anilines is 3. The predicted octanol–water partition coefficient (Wildman–Crippen LogP) is 3.19. The first-order valence-corrected chi connectivity index (χ1v) is 13.3. The number of carbonyl (C=O) groups is 1. The molecule has 5 rings (SSSR count). The number of aromatic nitrogens is 2. The number of fused-ring (bicyclic) bond motifs is 1. The molecule has 2 amide bonds. The van der Waals surface area contributed by atoms with Crippen LogP contribution in [0.2, 0.25) is 0 Å². The number of sulfonamides is 1. The second kappa shape index (κ2) is 8.90. The van der Waals surface area contributed by atoms with Gasteiger partial charge < -0.3 is 10.2 Å². The summed E-state index contributed by atoms with van der Waals surface area (Å²) in [5, 5.41) is 3.37. The number of benzene rings is 1. The Balaban J connectivity index is 1.31. The molecule has 3 aliphatic rings. The lowest BCUT2D eigenvalue weighted by Gasteiger charge is -2.36. The number of piperidine rings is 1. The van der Waals surface area contributed by atoms with Crippen molar-refractivity contribution in [2.45, 2.75) is 45.2 Å². The lowest BCUT2D eigenvalue weighted by atomic mass is 10.1. The van der Waals surface area contributed by atoms with Crippen LogP contribution in [0.25, 0.3) is 0 Å². The third-order valence-corrected chi connectivity index (χ3v) is 8.64. The molecule has 1 saturated heterocycles. The largest absolute Gasteiger partial charge is 0.351 e. The van der Waals surface area contributed by atoms with Crippen molar-refractivity contribution in [2.24, 2.45) is 5.92 Å². The maximum absolute atomic E-state index is 13.1. The second-order valence-corrected chi connectivity index (χ2v) is 11.1. The Labute approximate surface area is 194 Å². The number of nitrogens with zero attached hydrogens (tertiary/aromatic N) is 5. The van der Waals surface area contributed by atoms with Crippen LogP contribution in [0.4, 0.5) is 22.2 Å². The van der Waals surface area contributed by atoms with Gasteiger partial charge in [0.15, 0.2) is 5.82 Å². The van der Waals surface area contributed by atoms with Crippen LogP contribution in [-0.2, 0) is 16.6 Å². The molecule has 0 spiro atoms. The third kappa shape index (κ3) is 4.67. The van der Waals surface area contributed by atoms with Gasteiger partial charge in [-0.3, -0.25) is 0 Å². The fourth-order valence-electron chi connectivity index (χ4n) is 4.48. The van der Waals surface area contributed by atoms with Crippen molar-refractivity contribution in [3.8, 4) is 0 Å². The number of urea groups is 1. The van der Waals surface area contributed by atoms with E-state index in [2.05, 4.69) is 10.3 Å². The number of hydrogen-bond acceptors (Lipinski definition) is 6. The zero-order valence-corrected chi connectivity index (χ0v) is 19.7. The van der Waals surface area contributed by atoms with Crippen molar-refractivity contribution < 1.29 is 13.2 Å². The molecular formula is C23H30N6O3S. The van der Waals surface area contributed by atoms with E-state index in [9.17, 15) is 13.2 Å². The van der Waals surface area contributed by atoms with Gasteiger partial charge >= 0.3 is 6.03 Å². The van der Waals surface area contributed by atoms with Crippen LogP contribution in [-0.4, -0.2) is 65.1 Å². The van der Waals surface area contributed by atoms with Gasteiger partial charge in [-0.25, -0.2) is 27.4 Å². The van der Waals surface area contributed by atoms with Gasteiger partial charge in [0, 0.05) is 37.4 Å². The summed E-state index contributed by atoms with van der Waals surface area (Å²) >= 11 is 0. The fourth-order valence-corrected chi connectivity index (χ4v) is 6.39. The van der Waals surface area contributed by atoms with E-state index in [1.54, 1.807) is 20.3 Å². The Morgan fingerprint density at radius 2 is 1.82 bits per heavy atom. The lowest BCUT2D eigenvalue weighted by molar-refractivity contribution is 0.204. The molecule has 1 aliphatic carbocycles. The van der Waals surface area contributed by atoms with E-state index >= 15 is 0 Å². The van der Waals surface area contributed by atoms with Gasteiger partial charge in [-0.1, -0.05) is 18.2 Å². The molecule has 0 atom stereocenters. The molecule has 176 valence electrons. The molecule has 1 aromatic heterocycles. The first kappa shape index (κ1) is 22.1. The quantitative estimate of drug-likeness (QED) is 0.667. The predicted molar refractivity (Wildman–Crippen MR) is 127 cm³/mol. The smallest absolute Gasteiger partial charge is 0.330 e. The Morgan fingerprint density at radius 3 is 2.48 bits per heavy atom. The van der Waals surface area contributed by atoms with Crippen LogP contribution in [0, 0.1) is 5.92 Å². The van der Waals surface area contributed by atoms with Crippen LogP contribution < -0.4 is 10.2 Å². The molecule has 0 unspecified atom stereocenters. The SMILES string of the molecule is CCN1Cc2cnc(NC3CCN(S(=O)(=O)CC4CC4)CC3)nc2N(c2ccccc2)C1=O. The number of amides is 2. The lowest BCUT2D eigenvalue weighted by Crippen LogP contribution is -2.45. The van der Waals surface area contributed by atoms with Crippen LogP contribution >= 0.6 is 0 Å². The molecule has 2 aromatic rings. The van der Waals surface area contributed by atoms with E-state index in [0.29, 0.717) is 56.7 Å². The third-order valence-electron chi connectivity index (χ3n) is 6.60. The van der Waals surface area contributed by atoms with E-state index in [0.717, 1.165) is 24.1 Å². The normalized spacial score (nSPS) is 20.1. The minimum atomic E-state index is -3.15. The average Bonchev–Trinajstić information content (AvgIpc) is 3.63. The number of carbonyl (C=O) groups excluding carboxylic acids is 1. The van der Waals surface area contributed by atoms with Gasteiger partial charge in [0.2, 0.25) is 16.0 Å². The maximum Gasteiger partial charge on any atom is 0.330 e. The van der Waals surface area contributed by atoms with Crippen molar-refractivity contribution in [2.75, 3.05) is 35.6 Å². The summed E-state index contributed by atoms with van der Waals surface area (Å²) < 4.78 is 26.7. The number of para-hydroxylation sites is 1. The summed E-state index contributed by atoms with van der Waals surface area (Å²) in [6.07, 6.45) is 5.26. The average molecular weight is 471 g/mol. The fraction of sp³-hybridized carbons (Fsp3) is 0.522. The monoisotopic (exact) mass is 470 g/mol. The topological polar surface area (TPSA) is 98.7 Å². The zero-order chi connectivity index (χ0) is 23.0. The van der Waals surface area contributed by atoms with E-state index < -0.39 is 10.0 Å². The van der Waals surface area contributed by atoms with Crippen molar-refractivity contribution in [3.05, 3.63) is 42.1 Å². The number of rotatable bonds is 7. The summed E-state index contributed by atoms with van der Waals surface area (Å²) in [7, 11) is -3.15. The Kier molecular flexibility index (Phi) is 5.96. The Hall–Kier alpha value is -2.72. The van der Waals surface area contributed by atoms with Crippen LogP contribution in [0.1, 0.15) is 38.2 Å². The highest BCUT2D eigenvalue weighted by atomic mass is 32.2. The van der Waals surface area contributed by atoms with E-state index in [1.165, 1.54) is 0 Å². The summed E-state index contributed by atoms with van der Waals surface area (Å²) in [6.45, 7) is 4.06. The highest BCUT2D eigenvalue weighted by molar-refractivity contribution is 7.89. The van der Waals surface area contributed by atoms with E-state index in [1.807, 2.05) is 37.3 Å². The molecule has 10 heteroatoms. The van der Waals surface area contributed by atoms with Crippen molar-refractivity contribution in [3.63, 3.8) is 0 Å². The molecule has 1 saturated carbocycles. The summed E-state index contributed by atoms with van der Waals surface area (Å²) in [5.74, 6) is 1.70. The first-order chi connectivity index (χ1) is 15.9. The molecule has 0 radical (unpaired) electrons. The van der Waals surface area contributed by atoms with Crippen LogP contribution in [0.3, 0.4) is 0 Å². The summed E-state index contributed by atoms with van der Waals surface area (Å²) in [4.78, 5) is 25.8. The van der Waals surface area contributed by atoms with Gasteiger partial charge in [0.1, 0.15) is 0 Å².